The van der Waals surface area contributed by atoms with E-state index < -0.39 is 15.2 Å². The number of nitrogens with one attached hydrogen (secondary N) is 1. The third-order valence-electron chi connectivity index (χ3n) is 1.72. The summed E-state index contributed by atoms with van der Waals surface area (Å²) in [4.78, 5) is 11.0. The van der Waals surface area contributed by atoms with Gasteiger partial charge >= 0.3 is 0 Å². The lowest BCUT2D eigenvalue weighted by molar-refractivity contribution is -0.117. The first-order valence-electron chi connectivity index (χ1n) is 4.22. The van der Waals surface area contributed by atoms with Crippen molar-refractivity contribution in [3.8, 4) is 0 Å². The highest BCUT2D eigenvalue weighted by molar-refractivity contribution is 7.91. The van der Waals surface area contributed by atoms with E-state index in [0.29, 0.717) is 5.57 Å². The summed E-state index contributed by atoms with van der Waals surface area (Å²) in [5, 5.41) is 1.33. The van der Waals surface area contributed by atoms with E-state index in [2.05, 4.69) is 11.9 Å². The van der Waals surface area contributed by atoms with Crippen molar-refractivity contribution < 1.29 is 13.2 Å². The summed E-state index contributed by atoms with van der Waals surface area (Å²) in [5.74, 6) is -0.413. The van der Waals surface area contributed by atoms with Crippen LogP contribution in [0.5, 0.6) is 0 Å². The van der Waals surface area contributed by atoms with E-state index in [1.165, 1.54) is 13.8 Å². The second-order valence-electron chi connectivity index (χ2n) is 2.98. The topological polar surface area (TPSA) is 89.3 Å². The summed E-state index contributed by atoms with van der Waals surface area (Å²) in [7, 11) is -3.29. The van der Waals surface area contributed by atoms with Crippen LogP contribution in [0, 0.1) is 0 Å². The van der Waals surface area contributed by atoms with Crippen molar-refractivity contribution in [2.45, 2.75) is 19.2 Å². The number of hydrogen-bond donors (Lipinski definition) is 2. The molecule has 1 amide bonds. The van der Waals surface area contributed by atoms with Crippen LogP contribution in [0.4, 0.5) is 0 Å². The maximum atomic E-state index is 11.2. The molecule has 0 rings (SSSR count). The SMILES string of the molecule is C=C(C)C(=O)NCC(N)S(=O)(=O)CC. The molecule has 14 heavy (non-hydrogen) atoms. The van der Waals surface area contributed by atoms with Gasteiger partial charge in [0.1, 0.15) is 5.37 Å². The van der Waals surface area contributed by atoms with Crippen molar-refractivity contribution in [3.05, 3.63) is 12.2 Å². The van der Waals surface area contributed by atoms with Gasteiger partial charge in [0.25, 0.3) is 0 Å². The second kappa shape index (κ2) is 5.11. The summed E-state index contributed by atoms with van der Waals surface area (Å²) < 4.78 is 22.4. The van der Waals surface area contributed by atoms with Gasteiger partial charge in [0.15, 0.2) is 9.84 Å². The molecule has 1 atom stereocenters. The fourth-order valence-corrected chi connectivity index (χ4v) is 1.45. The summed E-state index contributed by atoms with van der Waals surface area (Å²) >= 11 is 0. The maximum absolute atomic E-state index is 11.2. The van der Waals surface area contributed by atoms with Gasteiger partial charge in [-0.3, -0.25) is 4.79 Å². The molecule has 0 saturated heterocycles. The van der Waals surface area contributed by atoms with Crippen LogP contribution in [0.25, 0.3) is 0 Å². The zero-order chi connectivity index (χ0) is 11.4. The van der Waals surface area contributed by atoms with Crippen LogP contribution in [0.3, 0.4) is 0 Å². The molecule has 0 saturated carbocycles. The third kappa shape index (κ3) is 3.89. The molecule has 6 heteroatoms. The van der Waals surface area contributed by atoms with Crippen LogP contribution in [0.15, 0.2) is 12.2 Å². The Morgan fingerprint density at radius 3 is 2.43 bits per heavy atom. The Hall–Kier alpha value is -0.880. The van der Waals surface area contributed by atoms with Crippen molar-refractivity contribution in [2.75, 3.05) is 12.3 Å². The number of carbonyl (C=O) groups excluding carboxylic acids is 1. The first kappa shape index (κ1) is 13.1. The molecule has 1 unspecified atom stereocenters. The van der Waals surface area contributed by atoms with E-state index in [4.69, 9.17) is 5.73 Å². The molecule has 0 fully saturated rings. The minimum atomic E-state index is -3.29. The van der Waals surface area contributed by atoms with Crippen LogP contribution in [-0.2, 0) is 14.6 Å². The Balaban J connectivity index is 4.17. The van der Waals surface area contributed by atoms with Crippen molar-refractivity contribution >= 4 is 15.7 Å². The van der Waals surface area contributed by atoms with E-state index in [9.17, 15) is 13.2 Å². The number of rotatable bonds is 5. The molecule has 0 aromatic heterocycles. The maximum Gasteiger partial charge on any atom is 0.246 e. The lowest BCUT2D eigenvalue weighted by atomic mass is 10.3. The second-order valence-corrected chi connectivity index (χ2v) is 5.49. The van der Waals surface area contributed by atoms with Gasteiger partial charge in [-0.1, -0.05) is 13.5 Å². The van der Waals surface area contributed by atoms with E-state index in [1.54, 1.807) is 0 Å². The molecule has 0 heterocycles. The highest BCUT2D eigenvalue weighted by Gasteiger charge is 2.19. The van der Waals surface area contributed by atoms with E-state index in [0.717, 1.165) is 0 Å². The summed E-state index contributed by atoms with van der Waals surface area (Å²) in [6.07, 6.45) is 0. The normalized spacial score (nSPS) is 13.4. The first-order valence-corrected chi connectivity index (χ1v) is 5.93. The minimum absolute atomic E-state index is 0.0306. The van der Waals surface area contributed by atoms with Crippen molar-refractivity contribution in [2.24, 2.45) is 5.73 Å². The predicted octanol–water partition coefficient (Wildman–Crippen LogP) is -0.602. The van der Waals surface area contributed by atoms with Gasteiger partial charge in [-0.15, -0.1) is 0 Å². The summed E-state index contributed by atoms with van der Waals surface area (Å²) in [5.41, 5.74) is 5.70. The van der Waals surface area contributed by atoms with Crippen molar-refractivity contribution in [1.29, 1.82) is 0 Å². The number of hydrogen-bond acceptors (Lipinski definition) is 4. The Kier molecular flexibility index (Phi) is 4.79. The average Bonchev–Trinajstić information content (AvgIpc) is 2.13. The Morgan fingerprint density at radius 1 is 1.57 bits per heavy atom. The van der Waals surface area contributed by atoms with Gasteiger partial charge in [-0.05, 0) is 6.92 Å². The van der Waals surface area contributed by atoms with Crippen LogP contribution >= 0.6 is 0 Å². The molecule has 5 nitrogen and oxygen atoms in total. The van der Waals surface area contributed by atoms with Gasteiger partial charge in [-0.25, -0.2) is 8.42 Å². The monoisotopic (exact) mass is 220 g/mol. The summed E-state index contributed by atoms with van der Waals surface area (Å²) in [6, 6.07) is 0. The molecule has 3 N–H and O–H groups in total. The zero-order valence-corrected chi connectivity index (χ0v) is 9.23. The molecular formula is C8H16N2O3S. The molecular weight excluding hydrogens is 204 g/mol. The largest absolute Gasteiger partial charge is 0.350 e. The van der Waals surface area contributed by atoms with E-state index >= 15 is 0 Å². The highest BCUT2D eigenvalue weighted by atomic mass is 32.2. The molecule has 0 aliphatic rings. The Bertz CT molecular complexity index is 321. The van der Waals surface area contributed by atoms with E-state index in [1.807, 2.05) is 0 Å². The van der Waals surface area contributed by atoms with Crippen LogP contribution in [-0.4, -0.2) is 32.0 Å². The van der Waals surface area contributed by atoms with Crippen LogP contribution < -0.4 is 11.1 Å². The van der Waals surface area contributed by atoms with Gasteiger partial charge < -0.3 is 11.1 Å². The van der Waals surface area contributed by atoms with Crippen LogP contribution in [0.2, 0.25) is 0 Å². The lowest BCUT2D eigenvalue weighted by Crippen LogP contribution is -2.43. The smallest absolute Gasteiger partial charge is 0.246 e. The fourth-order valence-electron chi connectivity index (χ4n) is 0.685. The Morgan fingerprint density at radius 2 is 2.07 bits per heavy atom. The fraction of sp³-hybridized carbons (Fsp3) is 0.625. The molecule has 0 aliphatic heterocycles. The van der Waals surface area contributed by atoms with Crippen molar-refractivity contribution in [1.82, 2.24) is 5.32 Å². The molecule has 0 aromatic carbocycles. The van der Waals surface area contributed by atoms with E-state index in [-0.39, 0.29) is 18.2 Å². The van der Waals surface area contributed by atoms with Crippen molar-refractivity contribution in [3.63, 3.8) is 0 Å². The Labute approximate surface area is 84.3 Å². The molecule has 0 spiro atoms. The van der Waals surface area contributed by atoms with Gasteiger partial charge in [-0.2, -0.15) is 0 Å². The zero-order valence-electron chi connectivity index (χ0n) is 8.41. The van der Waals surface area contributed by atoms with Crippen LogP contribution in [0.1, 0.15) is 13.8 Å². The number of amides is 1. The number of carbonyl (C=O) groups is 1. The third-order valence-corrected chi connectivity index (χ3v) is 3.61. The van der Waals surface area contributed by atoms with Gasteiger partial charge in [0, 0.05) is 17.9 Å². The standard InChI is InChI=1S/C8H16N2O3S/c1-4-14(12,13)7(9)5-10-8(11)6(2)3/h7H,2,4-5,9H2,1,3H3,(H,10,11). The molecule has 0 aliphatic carbocycles. The summed E-state index contributed by atoms with van der Waals surface area (Å²) in [6.45, 7) is 6.38. The first-order chi connectivity index (χ1) is 6.31. The molecule has 0 aromatic rings. The molecule has 0 bridgehead atoms. The van der Waals surface area contributed by atoms with Gasteiger partial charge in [0.05, 0.1) is 0 Å². The minimum Gasteiger partial charge on any atom is -0.350 e. The molecule has 0 radical (unpaired) electrons. The highest BCUT2D eigenvalue weighted by Crippen LogP contribution is 1.95. The molecule has 82 valence electrons. The van der Waals surface area contributed by atoms with Gasteiger partial charge in [0.2, 0.25) is 5.91 Å². The number of nitrogens with two attached hydrogens (primary N) is 1. The number of sulfone groups is 1. The average molecular weight is 220 g/mol. The predicted molar refractivity (Wildman–Crippen MR) is 55.3 cm³/mol. The quantitative estimate of drug-likeness (QED) is 0.605. The lowest BCUT2D eigenvalue weighted by Gasteiger charge is -2.12.